The molecule has 0 aliphatic heterocycles. The minimum atomic E-state index is 1.01. The fourth-order valence-electron chi connectivity index (χ4n) is 2.80. The molecule has 1 aliphatic rings. The second-order valence-corrected chi connectivity index (χ2v) is 4.93. The largest absolute Gasteiger partial charge is 0.306 e. The van der Waals surface area contributed by atoms with Gasteiger partial charge in [-0.05, 0) is 48.6 Å². The number of aryl methyl sites for hydroxylation is 2. The van der Waals surface area contributed by atoms with E-state index in [0.29, 0.717) is 0 Å². The van der Waals surface area contributed by atoms with Gasteiger partial charge >= 0.3 is 0 Å². The summed E-state index contributed by atoms with van der Waals surface area (Å²) in [4.78, 5) is 4.67. The van der Waals surface area contributed by atoms with E-state index in [4.69, 9.17) is 0 Å². The standard InChI is InChI=1S/C16H14N2/c1-2-9-18-11-15(17-16(18)6-1)14-8-7-12-4-3-5-13(12)10-14/h1-2,6-11H,3-5H2. The van der Waals surface area contributed by atoms with Gasteiger partial charge in [-0.15, -0.1) is 0 Å². The number of hydrogen-bond acceptors (Lipinski definition) is 1. The maximum atomic E-state index is 4.67. The van der Waals surface area contributed by atoms with Crippen molar-refractivity contribution in [1.82, 2.24) is 9.38 Å². The van der Waals surface area contributed by atoms with Crippen molar-refractivity contribution >= 4 is 5.65 Å². The van der Waals surface area contributed by atoms with Gasteiger partial charge in [0.15, 0.2) is 0 Å². The van der Waals surface area contributed by atoms with Crippen molar-refractivity contribution in [2.45, 2.75) is 19.3 Å². The Kier molecular flexibility index (Phi) is 2.04. The molecule has 0 spiro atoms. The zero-order valence-electron chi connectivity index (χ0n) is 10.1. The number of aromatic nitrogens is 2. The Morgan fingerprint density at radius 3 is 2.89 bits per heavy atom. The van der Waals surface area contributed by atoms with Gasteiger partial charge in [0.2, 0.25) is 0 Å². The zero-order valence-corrected chi connectivity index (χ0v) is 10.1. The van der Waals surface area contributed by atoms with Gasteiger partial charge in [0.1, 0.15) is 5.65 Å². The van der Waals surface area contributed by atoms with E-state index in [1.807, 2.05) is 24.4 Å². The van der Waals surface area contributed by atoms with Gasteiger partial charge < -0.3 is 4.40 Å². The van der Waals surface area contributed by atoms with Gasteiger partial charge in [-0.25, -0.2) is 4.98 Å². The summed E-state index contributed by atoms with van der Waals surface area (Å²) in [6.45, 7) is 0. The van der Waals surface area contributed by atoms with Crippen LogP contribution < -0.4 is 0 Å². The predicted octanol–water partition coefficient (Wildman–Crippen LogP) is 3.49. The Balaban J connectivity index is 1.86. The molecular weight excluding hydrogens is 220 g/mol. The maximum Gasteiger partial charge on any atom is 0.137 e. The normalized spacial score (nSPS) is 14.0. The Bertz CT molecular complexity index is 692. The molecule has 2 heteroatoms. The van der Waals surface area contributed by atoms with Crippen LogP contribution in [-0.4, -0.2) is 9.38 Å². The second-order valence-electron chi connectivity index (χ2n) is 4.93. The van der Waals surface area contributed by atoms with Crippen LogP contribution in [0.15, 0.2) is 48.8 Å². The van der Waals surface area contributed by atoms with Crippen LogP contribution in [0, 0.1) is 0 Å². The second kappa shape index (κ2) is 3.70. The zero-order chi connectivity index (χ0) is 11.9. The summed E-state index contributed by atoms with van der Waals surface area (Å²) in [5, 5.41) is 0. The highest BCUT2D eigenvalue weighted by molar-refractivity contribution is 5.64. The lowest BCUT2D eigenvalue weighted by Crippen LogP contribution is -1.84. The Hall–Kier alpha value is -2.09. The first kappa shape index (κ1) is 9.89. The first-order chi connectivity index (χ1) is 8.90. The van der Waals surface area contributed by atoms with E-state index >= 15 is 0 Å². The van der Waals surface area contributed by atoms with Crippen LogP contribution in [0.3, 0.4) is 0 Å². The molecule has 1 aliphatic carbocycles. The predicted molar refractivity (Wildman–Crippen MR) is 72.7 cm³/mol. The molecule has 0 amide bonds. The third-order valence-electron chi connectivity index (χ3n) is 3.76. The van der Waals surface area contributed by atoms with E-state index in [9.17, 15) is 0 Å². The van der Waals surface area contributed by atoms with E-state index in [1.54, 1.807) is 0 Å². The molecule has 18 heavy (non-hydrogen) atoms. The van der Waals surface area contributed by atoms with Crippen LogP contribution in [-0.2, 0) is 12.8 Å². The molecule has 3 aromatic rings. The van der Waals surface area contributed by atoms with Crippen molar-refractivity contribution in [2.75, 3.05) is 0 Å². The minimum Gasteiger partial charge on any atom is -0.306 e. The van der Waals surface area contributed by atoms with Crippen molar-refractivity contribution in [3.05, 3.63) is 59.9 Å². The molecule has 2 aromatic heterocycles. The molecule has 2 nitrogen and oxygen atoms in total. The van der Waals surface area contributed by atoms with Crippen LogP contribution in [0.4, 0.5) is 0 Å². The van der Waals surface area contributed by atoms with Crippen LogP contribution in [0.2, 0.25) is 0 Å². The molecule has 4 rings (SSSR count). The van der Waals surface area contributed by atoms with Crippen LogP contribution in [0.5, 0.6) is 0 Å². The summed E-state index contributed by atoms with van der Waals surface area (Å²) in [6, 6.07) is 12.9. The number of rotatable bonds is 1. The first-order valence-corrected chi connectivity index (χ1v) is 6.46. The highest BCUT2D eigenvalue weighted by atomic mass is 15.0. The van der Waals surface area contributed by atoms with Crippen molar-refractivity contribution in [3.63, 3.8) is 0 Å². The molecule has 0 N–H and O–H groups in total. The molecule has 2 heterocycles. The maximum absolute atomic E-state index is 4.67. The SMILES string of the molecule is c1ccn2cc(-c3ccc4c(c3)CCC4)nc2c1. The fraction of sp³-hybridized carbons (Fsp3) is 0.188. The van der Waals surface area contributed by atoms with E-state index in [0.717, 1.165) is 11.3 Å². The van der Waals surface area contributed by atoms with Crippen molar-refractivity contribution < 1.29 is 0 Å². The first-order valence-electron chi connectivity index (χ1n) is 6.46. The molecule has 0 fully saturated rings. The topological polar surface area (TPSA) is 17.3 Å². The lowest BCUT2D eigenvalue weighted by molar-refractivity contribution is 0.912. The van der Waals surface area contributed by atoms with Crippen molar-refractivity contribution in [2.24, 2.45) is 0 Å². The Labute approximate surface area is 106 Å². The summed E-state index contributed by atoms with van der Waals surface area (Å²) < 4.78 is 2.07. The summed E-state index contributed by atoms with van der Waals surface area (Å²) in [7, 11) is 0. The number of fused-ring (bicyclic) bond motifs is 2. The lowest BCUT2D eigenvalue weighted by atomic mass is 10.1. The summed E-state index contributed by atoms with van der Waals surface area (Å²) in [5.41, 5.74) is 6.33. The summed E-state index contributed by atoms with van der Waals surface area (Å²) in [6.07, 6.45) is 7.90. The molecule has 0 unspecified atom stereocenters. The lowest BCUT2D eigenvalue weighted by Gasteiger charge is -2.01. The van der Waals surface area contributed by atoms with E-state index in [2.05, 4.69) is 33.8 Å². The molecular formula is C16H14N2. The van der Waals surface area contributed by atoms with Gasteiger partial charge in [0, 0.05) is 18.0 Å². The molecule has 0 atom stereocenters. The van der Waals surface area contributed by atoms with Crippen molar-refractivity contribution in [1.29, 1.82) is 0 Å². The fourth-order valence-corrected chi connectivity index (χ4v) is 2.80. The smallest absolute Gasteiger partial charge is 0.137 e. The molecule has 0 saturated carbocycles. The highest BCUT2D eigenvalue weighted by Gasteiger charge is 2.12. The highest BCUT2D eigenvalue weighted by Crippen LogP contribution is 2.27. The molecule has 0 radical (unpaired) electrons. The number of benzene rings is 1. The van der Waals surface area contributed by atoms with Gasteiger partial charge in [-0.2, -0.15) is 0 Å². The van der Waals surface area contributed by atoms with Crippen LogP contribution in [0.1, 0.15) is 17.5 Å². The monoisotopic (exact) mass is 234 g/mol. The molecule has 0 bridgehead atoms. The quantitative estimate of drug-likeness (QED) is 0.630. The third kappa shape index (κ3) is 1.46. The molecule has 0 saturated heterocycles. The van der Waals surface area contributed by atoms with Crippen LogP contribution >= 0.6 is 0 Å². The molecule has 88 valence electrons. The van der Waals surface area contributed by atoms with Gasteiger partial charge in [0.05, 0.1) is 5.69 Å². The average Bonchev–Trinajstić information content (AvgIpc) is 3.04. The number of pyridine rings is 1. The number of imidazole rings is 1. The van der Waals surface area contributed by atoms with E-state index < -0.39 is 0 Å². The Morgan fingerprint density at radius 1 is 1.00 bits per heavy atom. The number of hydrogen-bond donors (Lipinski definition) is 0. The average molecular weight is 234 g/mol. The van der Waals surface area contributed by atoms with Gasteiger partial charge in [-0.3, -0.25) is 0 Å². The summed E-state index contributed by atoms with van der Waals surface area (Å²) >= 11 is 0. The van der Waals surface area contributed by atoms with E-state index in [1.165, 1.54) is 36.0 Å². The summed E-state index contributed by atoms with van der Waals surface area (Å²) in [5.74, 6) is 0. The van der Waals surface area contributed by atoms with Gasteiger partial charge in [-0.1, -0.05) is 18.2 Å². The van der Waals surface area contributed by atoms with E-state index in [-0.39, 0.29) is 0 Å². The minimum absolute atomic E-state index is 1.01. The Morgan fingerprint density at radius 2 is 1.94 bits per heavy atom. The van der Waals surface area contributed by atoms with Crippen LogP contribution in [0.25, 0.3) is 16.9 Å². The van der Waals surface area contributed by atoms with Crippen molar-refractivity contribution in [3.8, 4) is 11.3 Å². The molecule has 1 aromatic carbocycles. The van der Waals surface area contributed by atoms with Gasteiger partial charge in [0.25, 0.3) is 0 Å². The number of nitrogens with zero attached hydrogens (tertiary/aromatic N) is 2. The third-order valence-corrected chi connectivity index (χ3v) is 3.76.